The molecule has 4 nitrogen and oxygen atoms in total. The van der Waals surface area contributed by atoms with Gasteiger partial charge in [-0.2, -0.15) is 0 Å². The fourth-order valence-electron chi connectivity index (χ4n) is 1.77. The topological polar surface area (TPSA) is 66.4 Å². The molecular formula is C16H13NO3S. The molecule has 2 aromatic rings. The quantitative estimate of drug-likeness (QED) is 0.657. The van der Waals surface area contributed by atoms with Gasteiger partial charge in [-0.15, -0.1) is 0 Å². The van der Waals surface area contributed by atoms with E-state index < -0.39 is 5.97 Å². The highest BCUT2D eigenvalue weighted by molar-refractivity contribution is 7.80. The third kappa shape index (κ3) is 4.22. The predicted octanol–water partition coefficient (Wildman–Crippen LogP) is 3.13. The third-order valence-electron chi connectivity index (χ3n) is 2.83. The van der Waals surface area contributed by atoms with Crippen LogP contribution in [0.2, 0.25) is 0 Å². The molecule has 0 aliphatic rings. The molecule has 0 saturated carbocycles. The molecule has 5 heteroatoms. The Morgan fingerprint density at radius 3 is 2.14 bits per heavy atom. The Bertz CT molecular complexity index is 666. The van der Waals surface area contributed by atoms with Crippen LogP contribution in [0.25, 0.3) is 0 Å². The van der Waals surface area contributed by atoms with E-state index in [9.17, 15) is 9.59 Å². The molecule has 0 aliphatic carbocycles. The molecule has 0 bridgehead atoms. The van der Waals surface area contributed by atoms with Gasteiger partial charge < -0.3 is 10.4 Å². The van der Waals surface area contributed by atoms with Crippen LogP contribution in [-0.2, 0) is 4.79 Å². The lowest BCUT2D eigenvalue weighted by Gasteiger charge is -2.07. The van der Waals surface area contributed by atoms with Crippen LogP contribution in [0.1, 0.15) is 22.3 Å². The lowest BCUT2D eigenvalue weighted by Crippen LogP contribution is -2.16. The van der Waals surface area contributed by atoms with Crippen molar-refractivity contribution in [2.24, 2.45) is 0 Å². The summed E-state index contributed by atoms with van der Waals surface area (Å²) in [7, 11) is 0. The second kappa shape index (κ2) is 6.76. The fraction of sp³-hybridized carbons (Fsp3) is 0.0625. The number of hydrogen-bond donors (Lipinski definition) is 2. The first-order chi connectivity index (χ1) is 10.1. The maximum atomic E-state index is 11.9. The van der Waals surface area contributed by atoms with E-state index in [1.807, 2.05) is 30.3 Å². The Kier molecular flexibility index (Phi) is 4.79. The van der Waals surface area contributed by atoms with Crippen LogP contribution in [0.3, 0.4) is 0 Å². The van der Waals surface area contributed by atoms with Crippen molar-refractivity contribution in [1.29, 1.82) is 0 Å². The monoisotopic (exact) mass is 299 g/mol. The van der Waals surface area contributed by atoms with E-state index in [-0.39, 0.29) is 17.9 Å². The first kappa shape index (κ1) is 14.9. The Hall–Kier alpha value is -2.53. The normalized spacial score (nSPS) is 9.90. The zero-order chi connectivity index (χ0) is 15.2. The molecule has 0 fully saturated rings. The lowest BCUT2D eigenvalue weighted by atomic mass is 10.1. The predicted molar refractivity (Wildman–Crippen MR) is 84.8 cm³/mol. The number of benzene rings is 2. The maximum Gasteiger partial charge on any atom is 0.335 e. The van der Waals surface area contributed by atoms with Gasteiger partial charge in [0, 0.05) is 10.6 Å². The van der Waals surface area contributed by atoms with Gasteiger partial charge in [0.2, 0.25) is 5.91 Å². The number of carboxylic acids is 1. The summed E-state index contributed by atoms with van der Waals surface area (Å²) in [5, 5.41) is 11.5. The number of carboxylic acid groups (broad SMARTS) is 1. The van der Waals surface area contributed by atoms with Gasteiger partial charge in [0.15, 0.2) is 0 Å². The summed E-state index contributed by atoms with van der Waals surface area (Å²) in [5.41, 5.74) is 1.57. The number of thiocarbonyl (C=S) groups is 1. The number of hydrogen-bond acceptors (Lipinski definition) is 3. The summed E-state index contributed by atoms with van der Waals surface area (Å²) in [6.45, 7) is 0. The second-order valence-electron chi connectivity index (χ2n) is 4.40. The van der Waals surface area contributed by atoms with Crippen LogP contribution in [0.15, 0.2) is 54.6 Å². The van der Waals surface area contributed by atoms with Gasteiger partial charge >= 0.3 is 5.97 Å². The molecule has 0 saturated heterocycles. The molecule has 2 rings (SSSR count). The van der Waals surface area contributed by atoms with Crippen LogP contribution >= 0.6 is 12.2 Å². The summed E-state index contributed by atoms with van der Waals surface area (Å²) >= 11 is 5.23. The van der Waals surface area contributed by atoms with E-state index in [0.29, 0.717) is 10.6 Å². The highest BCUT2D eigenvalue weighted by Crippen LogP contribution is 2.11. The first-order valence-corrected chi connectivity index (χ1v) is 6.68. The van der Waals surface area contributed by atoms with Crippen molar-refractivity contribution < 1.29 is 14.7 Å². The van der Waals surface area contributed by atoms with Gasteiger partial charge in [-0.25, -0.2) is 4.79 Å². The number of rotatable bonds is 5. The first-order valence-electron chi connectivity index (χ1n) is 6.28. The second-order valence-corrected chi connectivity index (χ2v) is 4.89. The molecular weight excluding hydrogens is 286 g/mol. The molecule has 2 aromatic carbocycles. The molecule has 0 aliphatic heterocycles. The zero-order valence-corrected chi connectivity index (χ0v) is 11.9. The van der Waals surface area contributed by atoms with Gasteiger partial charge in [0.1, 0.15) is 0 Å². The van der Waals surface area contributed by atoms with Crippen LogP contribution < -0.4 is 5.32 Å². The molecule has 2 N–H and O–H groups in total. The smallest absolute Gasteiger partial charge is 0.335 e. The minimum absolute atomic E-state index is 0.111. The summed E-state index contributed by atoms with van der Waals surface area (Å²) < 4.78 is 0. The molecule has 0 unspecified atom stereocenters. The fourth-order valence-corrected chi connectivity index (χ4v) is 2.04. The van der Waals surface area contributed by atoms with Crippen LogP contribution in [0.5, 0.6) is 0 Å². The number of aromatic carboxylic acids is 1. The van der Waals surface area contributed by atoms with Crippen LogP contribution in [0.4, 0.5) is 5.69 Å². The molecule has 0 heterocycles. The van der Waals surface area contributed by atoms with Gasteiger partial charge in [0.05, 0.1) is 12.0 Å². The largest absolute Gasteiger partial charge is 0.478 e. The Morgan fingerprint density at radius 2 is 1.57 bits per heavy atom. The summed E-state index contributed by atoms with van der Waals surface area (Å²) in [6.07, 6.45) is 0.111. The van der Waals surface area contributed by atoms with Crippen molar-refractivity contribution in [1.82, 2.24) is 0 Å². The van der Waals surface area contributed by atoms with Crippen molar-refractivity contribution in [2.75, 3.05) is 5.32 Å². The van der Waals surface area contributed by atoms with Crippen LogP contribution in [-0.4, -0.2) is 21.8 Å². The van der Waals surface area contributed by atoms with Gasteiger partial charge in [-0.3, -0.25) is 4.79 Å². The average Bonchev–Trinajstić information content (AvgIpc) is 2.48. The molecule has 0 aromatic heterocycles. The lowest BCUT2D eigenvalue weighted by molar-refractivity contribution is -0.115. The number of carbonyl (C=O) groups is 2. The maximum absolute atomic E-state index is 11.9. The van der Waals surface area contributed by atoms with Gasteiger partial charge in [-0.1, -0.05) is 42.5 Å². The molecule has 0 atom stereocenters. The van der Waals surface area contributed by atoms with E-state index in [1.165, 1.54) is 12.1 Å². The van der Waals surface area contributed by atoms with E-state index in [0.717, 1.165) is 5.56 Å². The molecule has 106 valence electrons. The molecule has 1 amide bonds. The van der Waals surface area contributed by atoms with Crippen molar-refractivity contribution in [3.8, 4) is 0 Å². The minimum atomic E-state index is -1.00. The molecule has 0 radical (unpaired) electrons. The Balaban J connectivity index is 1.95. The molecule has 21 heavy (non-hydrogen) atoms. The molecule has 0 spiro atoms. The summed E-state index contributed by atoms with van der Waals surface area (Å²) in [6, 6.07) is 15.3. The summed E-state index contributed by atoms with van der Waals surface area (Å²) in [5.74, 6) is -1.23. The highest BCUT2D eigenvalue weighted by Gasteiger charge is 2.09. The van der Waals surface area contributed by atoms with Crippen LogP contribution in [0, 0.1) is 0 Å². The van der Waals surface area contributed by atoms with E-state index in [4.69, 9.17) is 17.3 Å². The number of anilines is 1. The zero-order valence-electron chi connectivity index (χ0n) is 11.1. The van der Waals surface area contributed by atoms with Crippen molar-refractivity contribution in [3.05, 3.63) is 65.7 Å². The Morgan fingerprint density at radius 1 is 0.952 bits per heavy atom. The average molecular weight is 299 g/mol. The standard InChI is InChI=1S/C16H13NO3S/c18-15(10-14(21)11-4-2-1-3-5-11)17-13-8-6-12(7-9-13)16(19)20/h1-9H,10H2,(H,17,18)(H,19,20). The van der Waals surface area contributed by atoms with E-state index >= 15 is 0 Å². The van der Waals surface area contributed by atoms with Crippen molar-refractivity contribution in [3.63, 3.8) is 0 Å². The minimum Gasteiger partial charge on any atom is -0.478 e. The summed E-state index contributed by atoms with van der Waals surface area (Å²) in [4.78, 5) is 23.2. The Labute approximate surface area is 127 Å². The number of nitrogens with one attached hydrogen (secondary N) is 1. The highest BCUT2D eigenvalue weighted by atomic mass is 32.1. The van der Waals surface area contributed by atoms with E-state index in [1.54, 1.807) is 12.1 Å². The third-order valence-corrected chi connectivity index (χ3v) is 3.21. The van der Waals surface area contributed by atoms with E-state index in [2.05, 4.69) is 5.32 Å². The number of amides is 1. The van der Waals surface area contributed by atoms with Gasteiger partial charge in [-0.05, 0) is 29.8 Å². The van der Waals surface area contributed by atoms with Gasteiger partial charge in [0.25, 0.3) is 0 Å². The van der Waals surface area contributed by atoms with Crippen molar-refractivity contribution >= 4 is 34.6 Å². The SMILES string of the molecule is O=C(CC(=S)c1ccccc1)Nc1ccc(C(=O)O)cc1. The van der Waals surface area contributed by atoms with Crippen molar-refractivity contribution in [2.45, 2.75) is 6.42 Å². The number of carbonyl (C=O) groups excluding carboxylic acids is 1.